The molecule has 0 saturated carbocycles. The lowest BCUT2D eigenvalue weighted by molar-refractivity contribution is 0.0599. The largest absolute Gasteiger partial charge is 0.478 e. The summed E-state index contributed by atoms with van der Waals surface area (Å²) < 4.78 is 31.5. The minimum absolute atomic E-state index is 0. The van der Waals surface area contributed by atoms with Gasteiger partial charge in [0.05, 0.1) is 39.3 Å². The number of fused-ring (bicyclic) bond motifs is 2. The normalized spacial score (nSPS) is 10.5. The van der Waals surface area contributed by atoms with E-state index < -0.39 is 23.6 Å². The van der Waals surface area contributed by atoms with Crippen LogP contribution in [0, 0.1) is 11.6 Å². The number of carbonyl (C=O) groups is 2. The Hall–Kier alpha value is -5.06. The molecule has 0 aliphatic carbocycles. The van der Waals surface area contributed by atoms with E-state index in [1.807, 2.05) is 12.1 Å². The molecule has 0 spiro atoms. The first kappa shape index (κ1) is 33.8. The number of hydrogen-bond donors (Lipinski definition) is 1. The van der Waals surface area contributed by atoms with Gasteiger partial charge in [0, 0.05) is 71.9 Å². The summed E-state index contributed by atoms with van der Waals surface area (Å²) in [6.45, 7) is 0. The fourth-order valence-corrected chi connectivity index (χ4v) is 4.82. The van der Waals surface area contributed by atoms with E-state index in [4.69, 9.17) is 33.0 Å². The van der Waals surface area contributed by atoms with E-state index in [0.717, 1.165) is 21.9 Å². The molecule has 0 unspecified atom stereocenters. The van der Waals surface area contributed by atoms with Crippen LogP contribution in [0.1, 0.15) is 50.7 Å². The highest BCUT2D eigenvalue weighted by molar-refractivity contribution is 6.31. The molecule has 0 aliphatic rings. The van der Waals surface area contributed by atoms with Gasteiger partial charge in [-0.1, -0.05) is 30.6 Å². The van der Waals surface area contributed by atoms with Crippen molar-refractivity contribution in [2.45, 2.75) is 20.3 Å². The first-order valence-electron chi connectivity index (χ1n) is 13.3. The molecule has 12 heteroatoms. The van der Waals surface area contributed by atoms with Crippen molar-refractivity contribution in [2.24, 2.45) is 0 Å². The molecule has 1 N–H and O–H groups in total. The van der Waals surface area contributed by atoms with Crippen LogP contribution in [-0.4, -0.2) is 44.1 Å². The van der Waals surface area contributed by atoms with E-state index >= 15 is 0 Å². The topological polar surface area (TPSA) is 115 Å². The number of carbonyl (C=O) groups excluding carboxylic acids is 1. The third-order valence-electron chi connectivity index (χ3n) is 6.63. The van der Waals surface area contributed by atoms with Crippen molar-refractivity contribution in [2.75, 3.05) is 7.11 Å². The summed E-state index contributed by atoms with van der Waals surface area (Å²) in [5.41, 5.74) is 4.72. The van der Waals surface area contributed by atoms with E-state index in [2.05, 4.69) is 19.9 Å². The molecular weight excluding hydrogens is 637 g/mol. The quantitative estimate of drug-likeness (QED) is 0.178. The number of methoxy groups -OCH3 is 1. The maximum absolute atomic E-state index is 13.4. The summed E-state index contributed by atoms with van der Waals surface area (Å²) in [4.78, 5) is 39.3. The molecule has 46 heavy (non-hydrogen) atoms. The van der Waals surface area contributed by atoms with Gasteiger partial charge in [-0.15, -0.1) is 0 Å². The van der Waals surface area contributed by atoms with Gasteiger partial charge >= 0.3 is 11.9 Å². The van der Waals surface area contributed by atoms with E-state index in [-0.39, 0.29) is 23.0 Å². The minimum Gasteiger partial charge on any atom is -0.478 e. The van der Waals surface area contributed by atoms with Gasteiger partial charge < -0.3 is 9.84 Å². The standard InChI is InChI=1S/C17H12ClFN2O2.C16H10ClFN2O2.CH4/c1-23-17(22)11-2-3-20-13(6-11)5-10-4-12-7-14(18)15(19)8-16(12)21-9-10;17-13-6-11-3-9(8-20-15(11)7-14(13)18)4-12-5-10(16(21)22)1-2-19-12;/h2-4,6-9H,5H2,1H3;1-3,5-8H,4H2,(H,21,22);1H4. The Kier molecular flexibility index (Phi) is 10.9. The Morgan fingerprint density at radius 2 is 1.17 bits per heavy atom. The number of halogens is 4. The summed E-state index contributed by atoms with van der Waals surface area (Å²) in [6.07, 6.45) is 7.20. The molecule has 2 aromatic carbocycles. The fourth-order valence-electron chi connectivity index (χ4n) is 4.48. The van der Waals surface area contributed by atoms with Gasteiger partial charge in [0.15, 0.2) is 0 Å². The van der Waals surface area contributed by atoms with Crippen molar-refractivity contribution in [1.29, 1.82) is 0 Å². The predicted octanol–water partition coefficient (Wildman–Crippen LogP) is 8.15. The maximum Gasteiger partial charge on any atom is 0.337 e. The second-order valence-electron chi connectivity index (χ2n) is 9.83. The average Bonchev–Trinajstić information content (AvgIpc) is 3.02. The fraction of sp³-hybridized carbons (Fsp3) is 0.118. The first-order valence-corrected chi connectivity index (χ1v) is 14.0. The Balaban J connectivity index is 0.000000205. The number of carboxylic acid groups (broad SMARTS) is 1. The molecule has 0 bridgehead atoms. The van der Waals surface area contributed by atoms with Crippen molar-refractivity contribution >= 4 is 56.9 Å². The van der Waals surface area contributed by atoms with Gasteiger partial charge in [-0.25, -0.2) is 18.4 Å². The van der Waals surface area contributed by atoms with Crippen LogP contribution >= 0.6 is 23.2 Å². The monoisotopic (exact) mass is 662 g/mol. The highest BCUT2D eigenvalue weighted by Gasteiger charge is 2.10. The third-order valence-corrected chi connectivity index (χ3v) is 7.21. The van der Waals surface area contributed by atoms with Crippen LogP contribution in [0.4, 0.5) is 8.78 Å². The number of pyridine rings is 4. The number of hydrogen-bond acceptors (Lipinski definition) is 7. The zero-order valence-corrected chi connectivity index (χ0v) is 25.0. The van der Waals surface area contributed by atoms with Crippen LogP contribution in [0.3, 0.4) is 0 Å². The molecular formula is C34H26Cl2F2N4O4. The number of benzene rings is 2. The predicted molar refractivity (Wildman–Crippen MR) is 173 cm³/mol. The second kappa shape index (κ2) is 14.8. The number of rotatable bonds is 6. The van der Waals surface area contributed by atoms with Gasteiger partial charge in [-0.3, -0.25) is 19.9 Å². The molecule has 4 aromatic heterocycles. The molecule has 0 radical (unpaired) electrons. The zero-order valence-electron chi connectivity index (χ0n) is 23.5. The Bertz CT molecular complexity index is 2080. The first-order chi connectivity index (χ1) is 21.6. The molecule has 0 fully saturated rings. The molecule has 234 valence electrons. The molecule has 0 saturated heterocycles. The second-order valence-corrected chi connectivity index (χ2v) is 10.6. The summed E-state index contributed by atoms with van der Waals surface area (Å²) >= 11 is 11.6. The molecule has 0 aliphatic heterocycles. The lowest BCUT2D eigenvalue weighted by atomic mass is 10.1. The molecule has 0 atom stereocenters. The van der Waals surface area contributed by atoms with Crippen molar-refractivity contribution in [3.8, 4) is 0 Å². The SMILES string of the molecule is C.COC(=O)c1ccnc(Cc2cnc3cc(F)c(Cl)cc3c2)c1.O=C(O)c1ccnc(Cc2cnc3cc(F)c(Cl)cc3c2)c1. The van der Waals surface area contributed by atoms with Crippen LogP contribution in [0.2, 0.25) is 10.0 Å². The molecule has 4 heterocycles. The highest BCUT2D eigenvalue weighted by atomic mass is 35.5. The van der Waals surface area contributed by atoms with Crippen LogP contribution in [0.15, 0.2) is 85.5 Å². The molecule has 6 aromatic rings. The summed E-state index contributed by atoms with van der Waals surface area (Å²) in [5, 5.41) is 10.5. The van der Waals surface area contributed by atoms with Gasteiger partial charge in [0.25, 0.3) is 0 Å². The zero-order chi connectivity index (χ0) is 32.1. The number of aromatic carboxylic acids is 1. The molecule has 8 nitrogen and oxygen atoms in total. The Morgan fingerprint density at radius 1 is 0.717 bits per heavy atom. The van der Waals surface area contributed by atoms with E-state index in [1.165, 1.54) is 43.6 Å². The van der Waals surface area contributed by atoms with Crippen LogP contribution in [0.5, 0.6) is 0 Å². The van der Waals surface area contributed by atoms with Crippen LogP contribution in [-0.2, 0) is 17.6 Å². The Morgan fingerprint density at radius 3 is 1.63 bits per heavy atom. The van der Waals surface area contributed by atoms with Crippen LogP contribution in [0.25, 0.3) is 21.8 Å². The van der Waals surface area contributed by atoms with Crippen molar-refractivity contribution in [1.82, 2.24) is 19.9 Å². The highest BCUT2D eigenvalue weighted by Crippen LogP contribution is 2.24. The van der Waals surface area contributed by atoms with E-state index in [0.29, 0.717) is 40.8 Å². The van der Waals surface area contributed by atoms with Crippen LogP contribution < -0.4 is 0 Å². The minimum atomic E-state index is -0.998. The lowest BCUT2D eigenvalue weighted by Crippen LogP contribution is -2.03. The van der Waals surface area contributed by atoms with E-state index in [9.17, 15) is 18.4 Å². The average molecular weight is 664 g/mol. The third kappa shape index (κ3) is 8.15. The Labute approximate surface area is 272 Å². The van der Waals surface area contributed by atoms with Crippen molar-refractivity contribution in [3.63, 3.8) is 0 Å². The number of ether oxygens (including phenoxy) is 1. The van der Waals surface area contributed by atoms with E-state index in [1.54, 1.807) is 36.8 Å². The summed E-state index contributed by atoms with van der Waals surface area (Å²) in [5.74, 6) is -2.41. The number of esters is 1. The number of nitrogens with zero attached hydrogens (tertiary/aromatic N) is 4. The van der Waals surface area contributed by atoms with Gasteiger partial charge in [-0.05, 0) is 59.7 Å². The van der Waals surface area contributed by atoms with Crippen molar-refractivity contribution < 1.29 is 28.2 Å². The summed E-state index contributed by atoms with van der Waals surface area (Å²) in [6, 6.07) is 15.6. The van der Waals surface area contributed by atoms with Crippen molar-refractivity contribution in [3.05, 3.63) is 141 Å². The molecule has 6 rings (SSSR count). The van der Waals surface area contributed by atoms with Gasteiger partial charge in [-0.2, -0.15) is 0 Å². The number of carboxylic acids is 1. The summed E-state index contributed by atoms with van der Waals surface area (Å²) in [7, 11) is 1.33. The molecule has 0 amide bonds. The van der Waals surface area contributed by atoms with Gasteiger partial charge in [0.2, 0.25) is 0 Å². The maximum atomic E-state index is 13.4. The lowest BCUT2D eigenvalue weighted by Gasteiger charge is -2.05. The smallest absolute Gasteiger partial charge is 0.337 e. The number of aromatic nitrogens is 4. The van der Waals surface area contributed by atoms with Gasteiger partial charge in [0.1, 0.15) is 11.6 Å².